The molecule has 0 fully saturated rings. The van der Waals surface area contributed by atoms with Crippen molar-refractivity contribution in [2.45, 2.75) is 19.8 Å². The van der Waals surface area contributed by atoms with E-state index in [1.165, 1.54) is 20.3 Å². The molecule has 88 valence electrons. The van der Waals surface area contributed by atoms with Crippen LogP contribution in [0, 0.1) is 0 Å². The first kappa shape index (κ1) is 12.3. The molecule has 0 radical (unpaired) electrons. The van der Waals surface area contributed by atoms with Crippen LogP contribution in [0.4, 0.5) is 0 Å². The van der Waals surface area contributed by atoms with Gasteiger partial charge in [-0.05, 0) is 12.0 Å². The summed E-state index contributed by atoms with van der Waals surface area (Å²) in [5.41, 5.74) is 0.632. The molecule has 0 N–H and O–H groups in total. The molecule has 0 amide bonds. The first-order chi connectivity index (χ1) is 7.51. The van der Waals surface area contributed by atoms with Gasteiger partial charge in [0.05, 0.1) is 14.2 Å². The highest BCUT2D eigenvalue weighted by Gasteiger charge is 2.24. The summed E-state index contributed by atoms with van der Waals surface area (Å²) >= 11 is 0. The SMILES string of the molecule is COC(=O)c1cc(C(C)C)c(C(=O)OC)o1. The minimum Gasteiger partial charge on any atom is -0.463 e. The second-order valence-electron chi connectivity index (χ2n) is 3.53. The Morgan fingerprint density at radius 3 is 2.19 bits per heavy atom. The molecule has 0 aliphatic carbocycles. The molecule has 1 aromatic rings. The van der Waals surface area contributed by atoms with E-state index in [9.17, 15) is 9.59 Å². The standard InChI is InChI=1S/C11H14O5/c1-6(2)7-5-8(10(12)14-3)16-9(7)11(13)15-4/h5-6H,1-4H3. The molecule has 5 nitrogen and oxygen atoms in total. The number of esters is 2. The number of rotatable bonds is 3. The van der Waals surface area contributed by atoms with Crippen molar-refractivity contribution in [2.24, 2.45) is 0 Å². The van der Waals surface area contributed by atoms with Crippen molar-refractivity contribution < 1.29 is 23.5 Å². The van der Waals surface area contributed by atoms with E-state index in [0.29, 0.717) is 5.56 Å². The summed E-state index contributed by atoms with van der Waals surface area (Å²) in [5, 5.41) is 0. The molecule has 1 aromatic heterocycles. The van der Waals surface area contributed by atoms with Crippen LogP contribution < -0.4 is 0 Å². The quantitative estimate of drug-likeness (QED) is 0.737. The molecule has 1 rings (SSSR count). The zero-order valence-corrected chi connectivity index (χ0v) is 9.70. The van der Waals surface area contributed by atoms with Gasteiger partial charge in [-0.15, -0.1) is 0 Å². The molecule has 16 heavy (non-hydrogen) atoms. The van der Waals surface area contributed by atoms with Crippen LogP contribution in [-0.2, 0) is 9.47 Å². The Bertz CT molecular complexity index is 403. The molecule has 0 spiro atoms. The number of carbonyl (C=O) groups excluding carboxylic acids is 2. The summed E-state index contributed by atoms with van der Waals surface area (Å²) in [6.45, 7) is 3.77. The molecule has 5 heteroatoms. The van der Waals surface area contributed by atoms with Crippen molar-refractivity contribution in [3.8, 4) is 0 Å². The van der Waals surface area contributed by atoms with Crippen LogP contribution in [0.25, 0.3) is 0 Å². The predicted octanol–water partition coefficient (Wildman–Crippen LogP) is 1.98. The lowest BCUT2D eigenvalue weighted by molar-refractivity contribution is 0.0530. The molecule has 0 aliphatic heterocycles. The Labute approximate surface area is 93.3 Å². The fourth-order valence-electron chi connectivity index (χ4n) is 1.29. The Kier molecular flexibility index (Phi) is 3.71. The Balaban J connectivity index is 3.20. The van der Waals surface area contributed by atoms with E-state index in [1.807, 2.05) is 13.8 Å². The van der Waals surface area contributed by atoms with Crippen LogP contribution in [0.15, 0.2) is 10.5 Å². The fraction of sp³-hybridized carbons (Fsp3) is 0.455. The Hall–Kier alpha value is -1.78. The third kappa shape index (κ3) is 2.24. The lowest BCUT2D eigenvalue weighted by Gasteiger charge is -2.02. The average molecular weight is 226 g/mol. The molecule has 0 saturated carbocycles. The lowest BCUT2D eigenvalue weighted by Crippen LogP contribution is -2.03. The molecule has 0 aliphatic rings. The third-order valence-electron chi connectivity index (χ3n) is 2.14. The Morgan fingerprint density at radius 1 is 1.19 bits per heavy atom. The summed E-state index contributed by atoms with van der Waals surface area (Å²) in [6, 6.07) is 1.50. The molecule has 0 atom stereocenters. The van der Waals surface area contributed by atoms with Crippen molar-refractivity contribution in [3.05, 3.63) is 23.2 Å². The maximum Gasteiger partial charge on any atom is 0.374 e. The molecule has 0 bridgehead atoms. The minimum absolute atomic E-state index is 0.00611. The van der Waals surface area contributed by atoms with Crippen molar-refractivity contribution in [2.75, 3.05) is 14.2 Å². The third-order valence-corrected chi connectivity index (χ3v) is 2.14. The summed E-state index contributed by atoms with van der Waals surface area (Å²) in [5.74, 6) is -1.10. The van der Waals surface area contributed by atoms with Crippen LogP contribution in [-0.4, -0.2) is 26.2 Å². The van der Waals surface area contributed by atoms with E-state index in [1.54, 1.807) is 0 Å². The average Bonchev–Trinajstić information content (AvgIpc) is 2.71. The number of hydrogen-bond donors (Lipinski definition) is 0. The number of methoxy groups -OCH3 is 2. The maximum atomic E-state index is 11.4. The van der Waals surface area contributed by atoms with E-state index < -0.39 is 11.9 Å². The number of hydrogen-bond acceptors (Lipinski definition) is 5. The lowest BCUT2D eigenvalue weighted by atomic mass is 10.0. The number of furan rings is 1. The van der Waals surface area contributed by atoms with Crippen LogP contribution in [0.2, 0.25) is 0 Å². The van der Waals surface area contributed by atoms with Gasteiger partial charge < -0.3 is 13.9 Å². The van der Waals surface area contributed by atoms with Crippen LogP contribution in [0.5, 0.6) is 0 Å². The van der Waals surface area contributed by atoms with Gasteiger partial charge in [-0.3, -0.25) is 0 Å². The van der Waals surface area contributed by atoms with Gasteiger partial charge in [-0.1, -0.05) is 13.8 Å². The second-order valence-corrected chi connectivity index (χ2v) is 3.53. The Morgan fingerprint density at radius 2 is 1.75 bits per heavy atom. The van der Waals surface area contributed by atoms with E-state index in [4.69, 9.17) is 4.42 Å². The molecule has 1 heterocycles. The number of ether oxygens (including phenoxy) is 2. The summed E-state index contributed by atoms with van der Waals surface area (Å²) in [7, 11) is 2.50. The van der Waals surface area contributed by atoms with Crippen molar-refractivity contribution >= 4 is 11.9 Å². The second kappa shape index (κ2) is 4.83. The maximum absolute atomic E-state index is 11.4. The molecule has 0 saturated heterocycles. The first-order valence-corrected chi connectivity index (χ1v) is 4.81. The summed E-state index contributed by atoms with van der Waals surface area (Å²) in [4.78, 5) is 22.6. The summed E-state index contributed by atoms with van der Waals surface area (Å²) in [6.07, 6.45) is 0. The molecular weight excluding hydrogens is 212 g/mol. The van der Waals surface area contributed by atoms with E-state index in [0.717, 1.165) is 0 Å². The zero-order chi connectivity index (χ0) is 12.3. The predicted molar refractivity (Wildman–Crippen MR) is 55.5 cm³/mol. The highest BCUT2D eigenvalue weighted by Crippen LogP contribution is 2.24. The fourth-order valence-corrected chi connectivity index (χ4v) is 1.29. The highest BCUT2D eigenvalue weighted by atomic mass is 16.5. The van der Waals surface area contributed by atoms with Gasteiger partial charge in [0.2, 0.25) is 11.5 Å². The topological polar surface area (TPSA) is 65.7 Å². The monoisotopic (exact) mass is 226 g/mol. The zero-order valence-electron chi connectivity index (χ0n) is 9.70. The van der Waals surface area contributed by atoms with E-state index in [2.05, 4.69) is 9.47 Å². The van der Waals surface area contributed by atoms with Crippen molar-refractivity contribution in [3.63, 3.8) is 0 Å². The van der Waals surface area contributed by atoms with Crippen LogP contribution in [0.1, 0.15) is 46.4 Å². The van der Waals surface area contributed by atoms with E-state index >= 15 is 0 Å². The van der Waals surface area contributed by atoms with Crippen molar-refractivity contribution in [1.82, 2.24) is 0 Å². The number of carbonyl (C=O) groups is 2. The van der Waals surface area contributed by atoms with Crippen molar-refractivity contribution in [1.29, 1.82) is 0 Å². The first-order valence-electron chi connectivity index (χ1n) is 4.81. The largest absolute Gasteiger partial charge is 0.463 e. The summed E-state index contributed by atoms with van der Waals surface area (Å²) < 4.78 is 14.2. The molecule has 0 unspecified atom stereocenters. The molecular formula is C11H14O5. The van der Waals surface area contributed by atoms with Crippen LogP contribution in [0.3, 0.4) is 0 Å². The smallest absolute Gasteiger partial charge is 0.374 e. The van der Waals surface area contributed by atoms with E-state index in [-0.39, 0.29) is 17.4 Å². The normalized spacial score (nSPS) is 10.3. The van der Waals surface area contributed by atoms with Crippen LogP contribution >= 0.6 is 0 Å². The van der Waals surface area contributed by atoms with Gasteiger partial charge in [-0.25, -0.2) is 9.59 Å². The minimum atomic E-state index is -0.614. The molecule has 0 aromatic carbocycles. The van der Waals surface area contributed by atoms with Gasteiger partial charge >= 0.3 is 11.9 Å². The van der Waals surface area contributed by atoms with Gasteiger partial charge in [0, 0.05) is 5.56 Å². The van der Waals surface area contributed by atoms with Gasteiger partial charge in [0.15, 0.2) is 0 Å². The highest BCUT2D eigenvalue weighted by molar-refractivity contribution is 5.92. The van der Waals surface area contributed by atoms with Gasteiger partial charge in [-0.2, -0.15) is 0 Å². The van der Waals surface area contributed by atoms with Gasteiger partial charge in [0.1, 0.15) is 0 Å². The van der Waals surface area contributed by atoms with Gasteiger partial charge in [0.25, 0.3) is 0 Å².